The van der Waals surface area contributed by atoms with Crippen LogP contribution in [0.2, 0.25) is 0 Å². The number of rotatable bonds is 5. The highest BCUT2D eigenvalue weighted by Gasteiger charge is 2.23. The van der Waals surface area contributed by atoms with Crippen LogP contribution in [0, 0.1) is 0 Å². The highest BCUT2D eigenvalue weighted by molar-refractivity contribution is 5.45. The summed E-state index contributed by atoms with van der Waals surface area (Å²) in [5.41, 5.74) is 8.40. The van der Waals surface area contributed by atoms with Crippen LogP contribution in [-0.2, 0) is 11.2 Å². The molecule has 138 valence electrons. The first-order valence-electron chi connectivity index (χ1n) is 9.51. The SMILES string of the molecule is Nc1nc([C@H]2CCOC2)cc(N2CCN(CCc3ccccc3)CC2)n1. The van der Waals surface area contributed by atoms with E-state index in [1.807, 2.05) is 0 Å². The molecule has 0 spiro atoms. The molecular weight excluding hydrogens is 326 g/mol. The highest BCUT2D eigenvalue weighted by Crippen LogP contribution is 2.27. The Morgan fingerprint density at radius 3 is 2.62 bits per heavy atom. The number of piperazine rings is 1. The van der Waals surface area contributed by atoms with Crippen molar-refractivity contribution in [2.45, 2.75) is 18.8 Å². The van der Waals surface area contributed by atoms with E-state index in [0.29, 0.717) is 11.9 Å². The topological polar surface area (TPSA) is 67.5 Å². The maximum atomic E-state index is 5.97. The number of hydrogen-bond donors (Lipinski definition) is 1. The first-order chi connectivity index (χ1) is 12.8. The molecule has 1 atom stereocenters. The van der Waals surface area contributed by atoms with Gasteiger partial charge in [0, 0.05) is 51.3 Å². The predicted octanol–water partition coefficient (Wildman–Crippen LogP) is 1.93. The van der Waals surface area contributed by atoms with Gasteiger partial charge in [-0.3, -0.25) is 4.90 Å². The molecule has 4 rings (SSSR count). The largest absolute Gasteiger partial charge is 0.381 e. The summed E-state index contributed by atoms with van der Waals surface area (Å²) in [7, 11) is 0. The van der Waals surface area contributed by atoms with Crippen molar-refractivity contribution >= 4 is 11.8 Å². The lowest BCUT2D eigenvalue weighted by Gasteiger charge is -2.35. The van der Waals surface area contributed by atoms with Crippen LogP contribution in [0.1, 0.15) is 23.6 Å². The summed E-state index contributed by atoms with van der Waals surface area (Å²) >= 11 is 0. The minimum absolute atomic E-state index is 0.353. The standard InChI is InChI=1S/C20H27N5O/c21-20-22-18(17-7-13-26-15-17)14-19(23-20)25-11-9-24(10-12-25)8-6-16-4-2-1-3-5-16/h1-5,14,17H,6-13,15H2,(H2,21,22,23)/t17-/m0/s1. The van der Waals surface area contributed by atoms with E-state index in [-0.39, 0.29) is 0 Å². The molecule has 6 nitrogen and oxygen atoms in total. The van der Waals surface area contributed by atoms with Crippen molar-refractivity contribution in [2.24, 2.45) is 0 Å². The Hall–Kier alpha value is -2.18. The van der Waals surface area contributed by atoms with Crippen LogP contribution in [0.25, 0.3) is 0 Å². The van der Waals surface area contributed by atoms with Gasteiger partial charge in [0.15, 0.2) is 0 Å². The number of aromatic nitrogens is 2. The van der Waals surface area contributed by atoms with Crippen molar-refractivity contribution in [1.29, 1.82) is 0 Å². The van der Waals surface area contributed by atoms with Gasteiger partial charge in [-0.05, 0) is 18.4 Å². The van der Waals surface area contributed by atoms with Gasteiger partial charge in [0.2, 0.25) is 5.95 Å². The summed E-state index contributed by atoms with van der Waals surface area (Å²) in [6, 6.07) is 12.8. The number of hydrogen-bond acceptors (Lipinski definition) is 6. The van der Waals surface area contributed by atoms with E-state index in [1.54, 1.807) is 0 Å². The minimum Gasteiger partial charge on any atom is -0.381 e. The second-order valence-electron chi connectivity index (χ2n) is 7.13. The van der Waals surface area contributed by atoms with E-state index in [0.717, 1.165) is 70.3 Å². The molecule has 2 fully saturated rings. The lowest BCUT2D eigenvalue weighted by atomic mass is 10.0. The molecule has 2 aliphatic rings. The van der Waals surface area contributed by atoms with Gasteiger partial charge in [0.1, 0.15) is 5.82 Å². The molecular formula is C20H27N5O. The molecule has 3 heterocycles. The van der Waals surface area contributed by atoms with E-state index < -0.39 is 0 Å². The first-order valence-corrected chi connectivity index (χ1v) is 9.51. The average molecular weight is 353 g/mol. The molecule has 6 heteroatoms. The zero-order chi connectivity index (χ0) is 17.8. The Balaban J connectivity index is 1.34. The van der Waals surface area contributed by atoms with Crippen molar-refractivity contribution < 1.29 is 4.74 Å². The average Bonchev–Trinajstić information content (AvgIpc) is 3.22. The third kappa shape index (κ3) is 4.14. The maximum absolute atomic E-state index is 5.97. The first kappa shape index (κ1) is 17.2. The normalized spacial score (nSPS) is 21.2. The zero-order valence-electron chi connectivity index (χ0n) is 15.2. The van der Waals surface area contributed by atoms with Crippen molar-refractivity contribution in [3.8, 4) is 0 Å². The molecule has 26 heavy (non-hydrogen) atoms. The Morgan fingerprint density at radius 1 is 1.08 bits per heavy atom. The number of nitrogen functional groups attached to an aromatic ring is 1. The highest BCUT2D eigenvalue weighted by atomic mass is 16.5. The van der Waals surface area contributed by atoms with Gasteiger partial charge in [0.05, 0.1) is 12.3 Å². The van der Waals surface area contributed by atoms with Crippen LogP contribution >= 0.6 is 0 Å². The molecule has 0 radical (unpaired) electrons. The maximum Gasteiger partial charge on any atom is 0.222 e. The van der Waals surface area contributed by atoms with Crippen molar-refractivity contribution in [3.63, 3.8) is 0 Å². The lowest BCUT2D eigenvalue weighted by molar-refractivity contribution is 0.193. The number of benzene rings is 1. The molecule has 2 aromatic rings. The van der Waals surface area contributed by atoms with Crippen molar-refractivity contribution in [2.75, 3.05) is 56.6 Å². The summed E-state index contributed by atoms with van der Waals surface area (Å²) in [4.78, 5) is 13.8. The van der Waals surface area contributed by atoms with E-state index in [2.05, 4.69) is 56.2 Å². The number of nitrogens with zero attached hydrogens (tertiary/aromatic N) is 4. The lowest BCUT2D eigenvalue weighted by Crippen LogP contribution is -2.47. The van der Waals surface area contributed by atoms with Crippen LogP contribution in [0.5, 0.6) is 0 Å². The summed E-state index contributed by atoms with van der Waals surface area (Å²) in [6.07, 6.45) is 2.12. The molecule has 0 saturated carbocycles. The monoisotopic (exact) mass is 353 g/mol. The Labute approximate surface area is 155 Å². The molecule has 0 unspecified atom stereocenters. The molecule has 2 N–H and O–H groups in total. The predicted molar refractivity (Wildman–Crippen MR) is 103 cm³/mol. The molecule has 0 bridgehead atoms. The van der Waals surface area contributed by atoms with Gasteiger partial charge in [0.25, 0.3) is 0 Å². The number of anilines is 2. The summed E-state index contributed by atoms with van der Waals surface area (Å²) < 4.78 is 5.49. The van der Waals surface area contributed by atoms with Crippen LogP contribution < -0.4 is 10.6 Å². The fourth-order valence-electron chi connectivity index (χ4n) is 3.74. The third-order valence-corrected chi connectivity index (χ3v) is 5.35. The Kier molecular flexibility index (Phi) is 5.32. The number of ether oxygens (including phenoxy) is 1. The smallest absolute Gasteiger partial charge is 0.222 e. The van der Waals surface area contributed by atoms with Gasteiger partial charge in [-0.25, -0.2) is 4.98 Å². The van der Waals surface area contributed by atoms with Gasteiger partial charge in [-0.2, -0.15) is 4.98 Å². The molecule has 1 aromatic heterocycles. The van der Waals surface area contributed by atoms with Crippen molar-refractivity contribution in [3.05, 3.63) is 47.7 Å². The zero-order valence-corrected chi connectivity index (χ0v) is 15.2. The fraction of sp³-hybridized carbons (Fsp3) is 0.500. The van der Waals surface area contributed by atoms with Gasteiger partial charge >= 0.3 is 0 Å². The fourth-order valence-corrected chi connectivity index (χ4v) is 3.74. The quantitative estimate of drug-likeness (QED) is 0.886. The van der Waals surface area contributed by atoms with E-state index in [9.17, 15) is 0 Å². The van der Waals surface area contributed by atoms with Crippen LogP contribution in [0.15, 0.2) is 36.4 Å². The minimum atomic E-state index is 0.353. The second-order valence-corrected chi connectivity index (χ2v) is 7.13. The van der Waals surface area contributed by atoms with Crippen molar-refractivity contribution in [1.82, 2.24) is 14.9 Å². The summed E-state index contributed by atoms with van der Waals surface area (Å²) in [6.45, 7) is 6.72. The summed E-state index contributed by atoms with van der Waals surface area (Å²) in [5, 5.41) is 0. The molecule has 2 saturated heterocycles. The second kappa shape index (κ2) is 8.01. The number of nitrogens with two attached hydrogens (primary N) is 1. The summed E-state index contributed by atoms with van der Waals surface area (Å²) in [5.74, 6) is 1.68. The molecule has 0 aliphatic carbocycles. The third-order valence-electron chi connectivity index (χ3n) is 5.35. The van der Waals surface area contributed by atoms with E-state index in [1.165, 1.54) is 5.56 Å². The van der Waals surface area contributed by atoms with Crippen LogP contribution in [0.3, 0.4) is 0 Å². The van der Waals surface area contributed by atoms with Gasteiger partial charge < -0.3 is 15.4 Å². The van der Waals surface area contributed by atoms with Gasteiger partial charge in [-0.15, -0.1) is 0 Å². The van der Waals surface area contributed by atoms with Crippen LogP contribution in [-0.4, -0.2) is 60.8 Å². The molecule has 0 amide bonds. The molecule has 1 aromatic carbocycles. The Morgan fingerprint density at radius 2 is 1.88 bits per heavy atom. The van der Waals surface area contributed by atoms with Crippen LogP contribution in [0.4, 0.5) is 11.8 Å². The van der Waals surface area contributed by atoms with Gasteiger partial charge in [-0.1, -0.05) is 30.3 Å². The molecule has 2 aliphatic heterocycles. The van der Waals surface area contributed by atoms with E-state index in [4.69, 9.17) is 10.5 Å². The Bertz CT molecular complexity index is 709. The van der Waals surface area contributed by atoms with E-state index >= 15 is 0 Å².